The number of ketones is 1. The number of hydrogen-bond donors (Lipinski definition) is 0. The van der Waals surface area contributed by atoms with Crippen LogP contribution in [0.15, 0.2) is 89.4 Å². The fourth-order valence-electron chi connectivity index (χ4n) is 6.68. The molecule has 3 aromatic carbocycles. The number of benzene rings is 3. The first kappa shape index (κ1) is 27.4. The molecular formula is C35H27BrN2O5. The Morgan fingerprint density at radius 2 is 1.56 bits per heavy atom. The molecule has 8 heteroatoms. The van der Waals surface area contributed by atoms with Crippen LogP contribution in [-0.2, 0) is 14.3 Å². The molecule has 0 spiro atoms. The number of Topliss-reactive ketones (excluding diaryl/α,β-unsaturated/α-hetero) is 1. The number of allylic oxidation sites excluding steroid dienone is 2. The van der Waals surface area contributed by atoms with E-state index < -0.39 is 12.1 Å². The molecule has 0 N–H and O–H groups in total. The fraction of sp³-hybridized carbons (Fsp3) is 0.229. The normalized spacial score (nSPS) is 22.7. The van der Waals surface area contributed by atoms with E-state index in [1.54, 1.807) is 61.5 Å². The van der Waals surface area contributed by atoms with Crippen LogP contribution in [0.1, 0.15) is 39.6 Å². The summed E-state index contributed by atoms with van der Waals surface area (Å²) in [5, 5.41) is 0.581. The van der Waals surface area contributed by atoms with Crippen LogP contribution in [0.25, 0.3) is 22.2 Å². The van der Waals surface area contributed by atoms with Gasteiger partial charge in [-0.2, -0.15) is 0 Å². The number of imide groups is 1. The van der Waals surface area contributed by atoms with E-state index >= 15 is 0 Å². The standard InChI is InChI=1S/C35H27BrN2O5/c1-18-3-5-21(6-4-18)32(39)19(2)43-35(42)27-17-29(37-28-14-11-24(36)16-26(27)28)20-9-12-25(13-10-20)38-33(40)30-22-7-8-23(15-22)31(30)34(38)41/h3-14,16-17,19,22-23,30-31H,15H2,1-2H3/t19-,22+,23+,30-,31+/m1/s1. The highest BCUT2D eigenvalue weighted by Gasteiger charge is 2.59. The topological polar surface area (TPSA) is 93.6 Å². The van der Waals surface area contributed by atoms with Crippen molar-refractivity contribution in [3.05, 3.63) is 106 Å². The molecule has 1 saturated carbocycles. The van der Waals surface area contributed by atoms with Crippen LogP contribution in [0.3, 0.4) is 0 Å². The highest BCUT2D eigenvalue weighted by atomic mass is 79.9. The maximum atomic E-state index is 13.5. The van der Waals surface area contributed by atoms with Crippen molar-refractivity contribution in [2.24, 2.45) is 23.7 Å². The van der Waals surface area contributed by atoms with E-state index in [0.717, 1.165) is 16.5 Å². The Labute approximate surface area is 256 Å². The van der Waals surface area contributed by atoms with Gasteiger partial charge in [0.25, 0.3) is 0 Å². The van der Waals surface area contributed by atoms with Gasteiger partial charge >= 0.3 is 5.97 Å². The second-order valence-electron chi connectivity index (χ2n) is 11.6. The van der Waals surface area contributed by atoms with Crippen LogP contribution in [-0.4, -0.2) is 34.7 Å². The van der Waals surface area contributed by atoms with Crippen LogP contribution in [0.2, 0.25) is 0 Å². The van der Waals surface area contributed by atoms with Gasteiger partial charge in [0.1, 0.15) is 0 Å². The van der Waals surface area contributed by atoms with E-state index in [4.69, 9.17) is 9.72 Å². The highest BCUT2D eigenvalue weighted by Crippen LogP contribution is 2.53. The molecule has 2 heterocycles. The smallest absolute Gasteiger partial charge is 0.339 e. The second kappa shape index (κ2) is 10.4. The maximum Gasteiger partial charge on any atom is 0.339 e. The fourth-order valence-corrected chi connectivity index (χ4v) is 7.04. The first-order valence-corrected chi connectivity index (χ1v) is 15.1. The summed E-state index contributed by atoms with van der Waals surface area (Å²) in [6.07, 6.45) is 4.05. The third-order valence-corrected chi connectivity index (χ3v) is 9.36. The van der Waals surface area contributed by atoms with E-state index in [0.29, 0.717) is 33.4 Å². The van der Waals surface area contributed by atoms with Gasteiger partial charge in [0, 0.05) is 21.0 Å². The zero-order chi connectivity index (χ0) is 30.0. The number of hydrogen-bond acceptors (Lipinski definition) is 6. The van der Waals surface area contributed by atoms with E-state index in [1.807, 2.05) is 25.1 Å². The zero-order valence-corrected chi connectivity index (χ0v) is 25.1. The van der Waals surface area contributed by atoms with Gasteiger partial charge in [-0.1, -0.05) is 70.0 Å². The van der Waals surface area contributed by atoms with Crippen molar-refractivity contribution in [3.8, 4) is 11.3 Å². The van der Waals surface area contributed by atoms with Crippen molar-refractivity contribution >= 4 is 56.1 Å². The van der Waals surface area contributed by atoms with Crippen LogP contribution >= 0.6 is 15.9 Å². The van der Waals surface area contributed by atoms with E-state index in [9.17, 15) is 19.2 Å². The minimum atomic E-state index is -0.992. The van der Waals surface area contributed by atoms with Gasteiger partial charge in [-0.15, -0.1) is 0 Å². The van der Waals surface area contributed by atoms with Gasteiger partial charge in [-0.05, 0) is 68.5 Å². The molecule has 7 rings (SSSR count). The van der Waals surface area contributed by atoms with Crippen LogP contribution in [0.4, 0.5) is 5.69 Å². The van der Waals surface area contributed by atoms with Crippen molar-refractivity contribution < 1.29 is 23.9 Å². The molecule has 2 aliphatic carbocycles. The molecule has 0 unspecified atom stereocenters. The number of nitrogens with zero attached hydrogens (tertiary/aromatic N) is 2. The van der Waals surface area contributed by atoms with Gasteiger partial charge in [0.2, 0.25) is 17.6 Å². The van der Waals surface area contributed by atoms with Crippen molar-refractivity contribution in [2.75, 3.05) is 4.90 Å². The molecule has 4 aromatic rings. The Hall–Kier alpha value is -4.43. The zero-order valence-electron chi connectivity index (χ0n) is 23.5. The van der Waals surface area contributed by atoms with Gasteiger partial charge in [0.15, 0.2) is 6.10 Å². The lowest BCUT2D eigenvalue weighted by Crippen LogP contribution is -2.32. The molecular weight excluding hydrogens is 608 g/mol. The lowest BCUT2D eigenvalue weighted by molar-refractivity contribution is -0.123. The average molecular weight is 636 g/mol. The molecule has 3 aliphatic rings. The molecule has 214 valence electrons. The van der Waals surface area contributed by atoms with Gasteiger partial charge in [0.05, 0.1) is 34.3 Å². The molecule has 43 heavy (non-hydrogen) atoms. The monoisotopic (exact) mass is 634 g/mol. The number of amides is 2. The average Bonchev–Trinajstić information content (AvgIpc) is 3.70. The molecule has 5 atom stereocenters. The Kier molecular flexibility index (Phi) is 6.62. The van der Waals surface area contributed by atoms with E-state index in [-0.39, 0.29) is 46.8 Å². The number of esters is 1. The van der Waals surface area contributed by atoms with E-state index in [2.05, 4.69) is 28.1 Å². The molecule has 2 fully saturated rings. The summed E-state index contributed by atoms with van der Waals surface area (Å²) in [7, 11) is 0. The summed E-state index contributed by atoms with van der Waals surface area (Å²) in [5.41, 5.74) is 4.10. The number of pyridine rings is 1. The molecule has 1 saturated heterocycles. The number of halogens is 1. The summed E-state index contributed by atoms with van der Waals surface area (Å²) in [5.74, 6) is -1.44. The predicted molar refractivity (Wildman–Crippen MR) is 165 cm³/mol. The quantitative estimate of drug-likeness (QED) is 0.101. The highest BCUT2D eigenvalue weighted by molar-refractivity contribution is 9.10. The predicted octanol–water partition coefficient (Wildman–Crippen LogP) is 6.71. The number of ether oxygens (including phenoxy) is 1. The van der Waals surface area contributed by atoms with Crippen LogP contribution in [0.5, 0.6) is 0 Å². The molecule has 2 bridgehead atoms. The SMILES string of the molecule is Cc1ccc(C(=O)[C@@H](C)OC(=O)c2cc(-c3ccc(N4C(=O)[C@@H]5[C@H](C4=O)[C@H]4C=C[C@H]5C4)cc3)nc3ccc(Br)cc23)cc1. The first-order chi connectivity index (χ1) is 20.7. The van der Waals surface area contributed by atoms with Crippen LogP contribution in [0, 0.1) is 30.6 Å². The summed E-state index contributed by atoms with van der Waals surface area (Å²) in [4.78, 5) is 59.1. The third kappa shape index (κ3) is 4.61. The first-order valence-electron chi connectivity index (χ1n) is 14.3. The Bertz CT molecular complexity index is 1830. The third-order valence-electron chi connectivity index (χ3n) is 8.87. The Morgan fingerprint density at radius 3 is 2.21 bits per heavy atom. The molecule has 7 nitrogen and oxygen atoms in total. The largest absolute Gasteiger partial charge is 0.451 e. The van der Waals surface area contributed by atoms with Gasteiger partial charge in [-0.3, -0.25) is 19.3 Å². The van der Waals surface area contributed by atoms with Crippen molar-refractivity contribution in [1.29, 1.82) is 0 Å². The lowest BCUT2D eigenvalue weighted by Gasteiger charge is -2.18. The maximum absolute atomic E-state index is 13.5. The number of aromatic nitrogens is 1. The lowest BCUT2D eigenvalue weighted by atomic mass is 9.85. The summed E-state index contributed by atoms with van der Waals surface area (Å²) in [6.45, 7) is 3.50. The summed E-state index contributed by atoms with van der Waals surface area (Å²) < 4.78 is 6.44. The molecule has 1 aromatic heterocycles. The molecule has 1 aliphatic heterocycles. The Morgan fingerprint density at radius 1 is 0.907 bits per heavy atom. The second-order valence-corrected chi connectivity index (χ2v) is 12.5. The minimum absolute atomic E-state index is 0.131. The Balaban J connectivity index is 1.18. The van der Waals surface area contributed by atoms with E-state index in [1.165, 1.54) is 4.90 Å². The van der Waals surface area contributed by atoms with Crippen molar-refractivity contribution in [3.63, 3.8) is 0 Å². The van der Waals surface area contributed by atoms with Gasteiger partial charge in [-0.25, -0.2) is 9.78 Å². The van der Waals surface area contributed by atoms with Crippen LogP contribution < -0.4 is 4.90 Å². The molecule has 2 amide bonds. The number of aryl methyl sites for hydroxylation is 1. The van der Waals surface area contributed by atoms with Crippen molar-refractivity contribution in [2.45, 2.75) is 26.4 Å². The van der Waals surface area contributed by atoms with Gasteiger partial charge < -0.3 is 4.74 Å². The van der Waals surface area contributed by atoms with Crippen molar-refractivity contribution in [1.82, 2.24) is 4.98 Å². The minimum Gasteiger partial charge on any atom is -0.451 e. The number of anilines is 1. The number of carbonyl (C=O) groups excluding carboxylic acids is 4. The molecule has 0 radical (unpaired) electrons. The number of carbonyl (C=O) groups is 4. The number of fused-ring (bicyclic) bond motifs is 6. The summed E-state index contributed by atoms with van der Waals surface area (Å²) >= 11 is 3.47. The number of rotatable bonds is 6. The summed E-state index contributed by atoms with van der Waals surface area (Å²) in [6, 6.07) is 21.3.